The zero-order chi connectivity index (χ0) is 24.6. The second-order valence-electron chi connectivity index (χ2n) is 8.33. The highest BCUT2D eigenvalue weighted by Gasteiger charge is 2.36. The van der Waals surface area contributed by atoms with Crippen molar-refractivity contribution < 1.29 is 13.2 Å². The monoisotopic (exact) mass is 507 g/mol. The van der Waals surface area contributed by atoms with Gasteiger partial charge in [-0.05, 0) is 43.2 Å². The van der Waals surface area contributed by atoms with Crippen LogP contribution in [0.25, 0.3) is 10.9 Å². The number of para-hydroxylation sites is 1. The van der Waals surface area contributed by atoms with Crippen LogP contribution in [0.15, 0.2) is 82.0 Å². The van der Waals surface area contributed by atoms with Gasteiger partial charge in [0.15, 0.2) is 5.17 Å². The lowest BCUT2D eigenvalue weighted by Crippen LogP contribution is -2.43. The van der Waals surface area contributed by atoms with Crippen molar-refractivity contribution in [1.29, 1.82) is 0 Å². The third-order valence-corrected chi connectivity index (χ3v) is 8.58. The van der Waals surface area contributed by atoms with Gasteiger partial charge in [-0.3, -0.25) is 14.5 Å². The minimum atomic E-state index is -3.85. The molecular formula is C25H25N5O3S2. The quantitative estimate of drug-likeness (QED) is 0.543. The number of aromatic nitrogens is 1. The molecule has 1 saturated heterocycles. The van der Waals surface area contributed by atoms with E-state index in [1.54, 1.807) is 55.3 Å². The van der Waals surface area contributed by atoms with Crippen molar-refractivity contribution in [3.63, 3.8) is 0 Å². The molecule has 3 aromatic rings. The summed E-state index contributed by atoms with van der Waals surface area (Å²) in [4.78, 5) is 24.0. The van der Waals surface area contributed by atoms with E-state index in [4.69, 9.17) is 0 Å². The molecule has 10 heteroatoms. The number of carbonyl (C=O) groups is 1. The van der Waals surface area contributed by atoms with Crippen molar-refractivity contribution in [3.8, 4) is 0 Å². The van der Waals surface area contributed by atoms with Gasteiger partial charge in [-0.1, -0.05) is 42.1 Å². The summed E-state index contributed by atoms with van der Waals surface area (Å²) in [5.41, 5.74) is 3.05. The van der Waals surface area contributed by atoms with Gasteiger partial charge in [-0.25, -0.2) is 13.4 Å². The fourth-order valence-corrected chi connectivity index (χ4v) is 6.74. The number of aliphatic imine (C=N–C) groups is 1. The number of allylic oxidation sites excluding steroid dienone is 1. The van der Waals surface area contributed by atoms with E-state index < -0.39 is 10.0 Å². The maximum absolute atomic E-state index is 13.2. The first-order chi connectivity index (χ1) is 16.9. The number of rotatable bonds is 5. The van der Waals surface area contributed by atoms with Crippen molar-refractivity contribution >= 4 is 49.5 Å². The molecule has 0 saturated carbocycles. The van der Waals surface area contributed by atoms with Crippen LogP contribution in [0.3, 0.4) is 0 Å². The van der Waals surface area contributed by atoms with Crippen LogP contribution in [0, 0.1) is 0 Å². The Kier molecular flexibility index (Phi) is 6.24. The van der Waals surface area contributed by atoms with Gasteiger partial charge in [0.05, 0.1) is 22.8 Å². The fraction of sp³-hybridized carbons (Fsp3) is 0.240. The predicted molar refractivity (Wildman–Crippen MR) is 140 cm³/mol. The minimum Gasteiger partial charge on any atom is -0.355 e. The van der Waals surface area contributed by atoms with Crippen LogP contribution in [0.1, 0.15) is 24.9 Å². The van der Waals surface area contributed by atoms with Gasteiger partial charge in [0, 0.05) is 36.6 Å². The first-order valence-corrected chi connectivity index (χ1v) is 13.7. The molecule has 1 atom stereocenters. The number of fused-ring (bicyclic) bond motifs is 2. The van der Waals surface area contributed by atoms with Crippen LogP contribution in [-0.2, 0) is 14.8 Å². The predicted octanol–water partition coefficient (Wildman–Crippen LogP) is 3.91. The van der Waals surface area contributed by atoms with Gasteiger partial charge in [-0.2, -0.15) is 0 Å². The van der Waals surface area contributed by atoms with Gasteiger partial charge in [0.2, 0.25) is 0 Å². The highest BCUT2D eigenvalue weighted by Crippen LogP contribution is 2.39. The smallest absolute Gasteiger partial charge is 0.264 e. The number of hydrogen-bond acceptors (Lipinski definition) is 7. The van der Waals surface area contributed by atoms with Crippen molar-refractivity contribution in [2.24, 2.45) is 4.99 Å². The van der Waals surface area contributed by atoms with Crippen LogP contribution in [0.2, 0.25) is 0 Å². The van der Waals surface area contributed by atoms with Crippen LogP contribution in [0.5, 0.6) is 0 Å². The largest absolute Gasteiger partial charge is 0.355 e. The average molecular weight is 508 g/mol. The normalized spacial score (nSPS) is 18.2. The van der Waals surface area contributed by atoms with Crippen molar-refractivity contribution in [2.45, 2.75) is 24.3 Å². The number of benzene rings is 2. The van der Waals surface area contributed by atoms with E-state index in [2.05, 4.69) is 24.9 Å². The van der Waals surface area contributed by atoms with Crippen molar-refractivity contribution in [3.05, 3.63) is 77.6 Å². The number of sulfonamides is 1. The first kappa shape index (κ1) is 23.4. The van der Waals surface area contributed by atoms with Crippen LogP contribution < -0.4 is 10.0 Å². The molecule has 2 aliphatic heterocycles. The molecule has 5 rings (SSSR count). The minimum absolute atomic E-state index is 0.124. The zero-order valence-corrected chi connectivity index (χ0v) is 21.0. The molecule has 1 aromatic heterocycles. The number of likely N-dealkylation sites (N-methyl/N-ethyl adjacent to an activating group) is 1. The second kappa shape index (κ2) is 9.35. The molecule has 0 radical (unpaired) electrons. The summed E-state index contributed by atoms with van der Waals surface area (Å²) in [5, 5.41) is 4.41. The second-order valence-corrected chi connectivity index (χ2v) is 11.0. The summed E-state index contributed by atoms with van der Waals surface area (Å²) in [6.45, 7) is 2.66. The maximum atomic E-state index is 13.2. The highest BCUT2D eigenvalue weighted by atomic mass is 32.2. The molecule has 0 aliphatic carbocycles. The molecule has 0 spiro atoms. The number of carbonyl (C=O) groups excluding carboxylic acids is 1. The Bertz CT molecular complexity index is 1460. The summed E-state index contributed by atoms with van der Waals surface area (Å²) >= 11 is 1.69. The molecule has 1 fully saturated rings. The number of amidine groups is 1. The van der Waals surface area contributed by atoms with Gasteiger partial charge < -0.3 is 10.2 Å². The molecule has 8 nitrogen and oxygen atoms in total. The number of amides is 1. The molecule has 1 amide bonds. The van der Waals surface area contributed by atoms with E-state index in [0.29, 0.717) is 22.5 Å². The first-order valence-electron chi connectivity index (χ1n) is 11.3. The van der Waals surface area contributed by atoms with Crippen LogP contribution in [-0.4, -0.2) is 48.7 Å². The summed E-state index contributed by atoms with van der Waals surface area (Å²) in [5.74, 6) is 0.827. The molecule has 2 N–H and O–H groups in total. The van der Waals surface area contributed by atoms with Crippen LogP contribution >= 0.6 is 11.8 Å². The number of pyridine rings is 1. The SMILES string of the molecule is CNC(=O)C1=C(C)N=C2SCCCN2C1c1ccc(NS(=O)(=O)c2cccc3cccnc23)cc1. The van der Waals surface area contributed by atoms with Gasteiger partial charge >= 0.3 is 0 Å². The molecule has 2 aliphatic rings. The van der Waals surface area contributed by atoms with E-state index in [1.807, 2.05) is 31.2 Å². The molecule has 180 valence electrons. The molecule has 3 heterocycles. The Hall–Kier alpha value is -3.37. The standard InChI is InChI=1S/C25H25N5O3S2/c1-16-21(24(31)26-2)23(30-14-5-15-34-25(30)28-16)18-9-11-19(12-10-18)29-35(32,33)20-8-3-6-17-7-4-13-27-22(17)20/h3-4,6-13,23,29H,5,14-15H2,1-2H3,(H,26,31). The molecule has 35 heavy (non-hydrogen) atoms. The topological polar surface area (TPSA) is 104 Å². The lowest BCUT2D eigenvalue weighted by Gasteiger charge is -2.40. The third kappa shape index (κ3) is 4.39. The number of anilines is 1. The van der Waals surface area contributed by atoms with E-state index in [0.717, 1.165) is 34.8 Å². The third-order valence-electron chi connectivity index (χ3n) is 6.09. The Labute approximate surface area is 208 Å². The Balaban J connectivity index is 1.47. The van der Waals surface area contributed by atoms with Crippen LogP contribution in [0.4, 0.5) is 5.69 Å². The number of hydrogen-bond donors (Lipinski definition) is 2. The zero-order valence-electron chi connectivity index (χ0n) is 19.4. The van der Waals surface area contributed by atoms with E-state index in [9.17, 15) is 13.2 Å². The molecule has 2 aromatic carbocycles. The number of nitrogens with zero attached hydrogens (tertiary/aromatic N) is 3. The highest BCUT2D eigenvalue weighted by molar-refractivity contribution is 8.13. The Morgan fingerprint density at radius 3 is 2.66 bits per heavy atom. The lowest BCUT2D eigenvalue weighted by atomic mass is 9.93. The van der Waals surface area contributed by atoms with Gasteiger partial charge in [0.25, 0.3) is 15.9 Å². The molecule has 1 unspecified atom stereocenters. The summed E-state index contributed by atoms with van der Waals surface area (Å²) in [6, 6.07) is 15.6. The Morgan fingerprint density at radius 2 is 1.89 bits per heavy atom. The average Bonchev–Trinajstić information content (AvgIpc) is 2.87. The maximum Gasteiger partial charge on any atom is 0.264 e. The van der Waals surface area contributed by atoms with E-state index >= 15 is 0 Å². The number of thioether (sulfide) groups is 1. The summed E-state index contributed by atoms with van der Waals surface area (Å²) in [6.07, 6.45) is 2.58. The van der Waals surface area contributed by atoms with E-state index in [1.165, 1.54) is 0 Å². The fourth-order valence-electron chi connectivity index (χ4n) is 4.48. The molecular weight excluding hydrogens is 482 g/mol. The molecule has 0 bridgehead atoms. The summed E-state index contributed by atoms with van der Waals surface area (Å²) in [7, 11) is -2.24. The van der Waals surface area contributed by atoms with Gasteiger partial charge in [0.1, 0.15) is 4.90 Å². The lowest BCUT2D eigenvalue weighted by molar-refractivity contribution is -0.117. The van der Waals surface area contributed by atoms with E-state index in [-0.39, 0.29) is 16.8 Å². The van der Waals surface area contributed by atoms with Gasteiger partial charge in [-0.15, -0.1) is 0 Å². The van der Waals surface area contributed by atoms with Crippen molar-refractivity contribution in [1.82, 2.24) is 15.2 Å². The van der Waals surface area contributed by atoms with Crippen molar-refractivity contribution in [2.75, 3.05) is 24.1 Å². The Morgan fingerprint density at radius 1 is 1.11 bits per heavy atom. The summed E-state index contributed by atoms with van der Waals surface area (Å²) < 4.78 is 29.0. The number of nitrogens with one attached hydrogen (secondary N) is 2.